The first-order valence-corrected chi connectivity index (χ1v) is 10.4. The molecule has 0 aromatic heterocycles. The smallest absolute Gasteiger partial charge is 0.256 e. The Hall–Kier alpha value is -4.04. The summed E-state index contributed by atoms with van der Waals surface area (Å²) in [7, 11) is 0. The number of carbonyl (C=O) groups is 1. The number of hydrogen-bond donors (Lipinski definition) is 2. The normalized spacial score (nSPS) is 15.5. The van der Waals surface area contributed by atoms with Gasteiger partial charge in [0.1, 0.15) is 6.07 Å². The number of carbonyl (C=O) groups excluding carboxylic acids is 1. The molecule has 31 heavy (non-hydrogen) atoms. The molecule has 1 amide bonds. The van der Waals surface area contributed by atoms with Crippen LogP contribution in [-0.4, -0.2) is 19.0 Å². The molecule has 5 nitrogen and oxygen atoms in total. The van der Waals surface area contributed by atoms with Crippen LogP contribution >= 0.6 is 0 Å². The third kappa shape index (κ3) is 3.32. The van der Waals surface area contributed by atoms with Crippen molar-refractivity contribution >= 4 is 28.5 Å². The molecule has 2 aliphatic rings. The summed E-state index contributed by atoms with van der Waals surface area (Å²) in [4.78, 5) is 15.1. The third-order valence-corrected chi connectivity index (χ3v) is 6.09. The number of nitrogens with zero attached hydrogens (tertiary/aromatic N) is 2. The third-order valence-electron chi connectivity index (χ3n) is 6.09. The molecule has 0 unspecified atom stereocenters. The predicted molar refractivity (Wildman–Crippen MR) is 124 cm³/mol. The molecule has 3 aromatic carbocycles. The van der Waals surface area contributed by atoms with E-state index in [9.17, 15) is 10.1 Å². The molecular weight excluding hydrogens is 384 g/mol. The van der Waals surface area contributed by atoms with Gasteiger partial charge < -0.3 is 16.0 Å². The van der Waals surface area contributed by atoms with Gasteiger partial charge in [-0.2, -0.15) is 5.26 Å². The van der Waals surface area contributed by atoms with Crippen molar-refractivity contribution in [2.75, 3.05) is 29.0 Å². The maximum atomic E-state index is 12.8. The standard InChI is InChI=1S/C26H22N4O/c27-16-18-15-19(28)9-10-24(18)30-13-11-17(12-14-30)25-20-5-1-2-6-21(20)26(31)29-23-8-4-3-7-22(23)25/h1-10,15H,11-14,28H2,(H,29,31). The molecule has 1 fully saturated rings. The van der Waals surface area contributed by atoms with Crippen molar-refractivity contribution in [3.63, 3.8) is 0 Å². The number of nitriles is 1. The monoisotopic (exact) mass is 406 g/mol. The number of benzene rings is 3. The maximum absolute atomic E-state index is 12.8. The molecule has 3 aromatic rings. The summed E-state index contributed by atoms with van der Waals surface area (Å²) in [5.74, 6) is -0.0726. The van der Waals surface area contributed by atoms with Gasteiger partial charge in [0.05, 0.1) is 11.3 Å². The average Bonchev–Trinajstić information content (AvgIpc) is 2.93. The van der Waals surface area contributed by atoms with E-state index in [0.29, 0.717) is 16.8 Å². The number of nitrogens with two attached hydrogens (primary N) is 1. The number of piperidine rings is 1. The minimum absolute atomic E-state index is 0.0726. The molecule has 2 aliphatic heterocycles. The topological polar surface area (TPSA) is 82.2 Å². The number of para-hydroxylation sites is 1. The molecule has 0 saturated carbocycles. The average molecular weight is 406 g/mol. The Morgan fingerprint density at radius 1 is 0.903 bits per heavy atom. The van der Waals surface area contributed by atoms with Crippen LogP contribution in [0.15, 0.2) is 72.3 Å². The van der Waals surface area contributed by atoms with Gasteiger partial charge in [-0.05, 0) is 54.3 Å². The van der Waals surface area contributed by atoms with Crippen LogP contribution in [0.4, 0.5) is 17.1 Å². The second-order valence-corrected chi connectivity index (χ2v) is 7.90. The lowest BCUT2D eigenvalue weighted by Crippen LogP contribution is -2.31. The summed E-state index contributed by atoms with van der Waals surface area (Å²) in [6, 6.07) is 23.6. The fourth-order valence-corrected chi connectivity index (χ4v) is 4.61. The lowest BCUT2D eigenvalue weighted by molar-refractivity contribution is 0.102. The molecular formula is C26H22N4O. The van der Waals surface area contributed by atoms with Crippen LogP contribution in [0.3, 0.4) is 0 Å². The lowest BCUT2D eigenvalue weighted by atomic mass is 9.86. The summed E-state index contributed by atoms with van der Waals surface area (Å²) in [6.45, 7) is 1.62. The van der Waals surface area contributed by atoms with Crippen molar-refractivity contribution in [3.8, 4) is 6.07 Å². The molecule has 0 spiro atoms. The highest BCUT2D eigenvalue weighted by Gasteiger charge is 2.27. The Bertz CT molecular complexity index is 1260. The van der Waals surface area contributed by atoms with Crippen LogP contribution in [0.2, 0.25) is 0 Å². The summed E-state index contributed by atoms with van der Waals surface area (Å²) < 4.78 is 0. The van der Waals surface area contributed by atoms with Crippen molar-refractivity contribution in [3.05, 3.63) is 94.6 Å². The fraction of sp³-hybridized carbons (Fsp3) is 0.154. The fourth-order valence-electron chi connectivity index (χ4n) is 4.61. The van der Waals surface area contributed by atoms with Gasteiger partial charge in [-0.1, -0.05) is 42.0 Å². The highest BCUT2D eigenvalue weighted by atomic mass is 16.1. The predicted octanol–water partition coefficient (Wildman–Crippen LogP) is 4.81. The van der Waals surface area contributed by atoms with Crippen molar-refractivity contribution in [2.45, 2.75) is 12.8 Å². The largest absolute Gasteiger partial charge is 0.399 e. The molecule has 3 N–H and O–H groups in total. The van der Waals surface area contributed by atoms with Crippen molar-refractivity contribution < 1.29 is 4.79 Å². The summed E-state index contributed by atoms with van der Waals surface area (Å²) in [5, 5.41) is 12.6. The quantitative estimate of drug-likeness (QED) is 0.568. The van der Waals surface area contributed by atoms with Crippen LogP contribution in [-0.2, 0) is 0 Å². The molecule has 0 aliphatic carbocycles. The Morgan fingerprint density at radius 2 is 1.58 bits per heavy atom. The molecule has 2 heterocycles. The Balaban J connectivity index is 1.57. The van der Waals surface area contributed by atoms with E-state index in [-0.39, 0.29) is 5.91 Å². The van der Waals surface area contributed by atoms with Crippen molar-refractivity contribution in [1.82, 2.24) is 0 Å². The SMILES string of the molecule is N#Cc1cc(N)ccc1N1CCC(=C2c3ccccc3NC(=O)c3ccccc32)CC1. The first-order valence-electron chi connectivity index (χ1n) is 10.4. The zero-order valence-corrected chi connectivity index (χ0v) is 17.1. The number of nitrogens with one attached hydrogen (secondary N) is 1. The van der Waals surface area contributed by atoms with Gasteiger partial charge in [-0.25, -0.2) is 0 Å². The van der Waals surface area contributed by atoms with E-state index in [1.807, 2.05) is 54.6 Å². The molecule has 0 radical (unpaired) electrons. The van der Waals surface area contributed by atoms with Crippen LogP contribution in [0.1, 0.15) is 39.9 Å². The van der Waals surface area contributed by atoms with Gasteiger partial charge in [0.2, 0.25) is 0 Å². The number of nitrogen functional groups attached to an aromatic ring is 1. The van der Waals surface area contributed by atoms with E-state index >= 15 is 0 Å². The number of fused-ring (bicyclic) bond motifs is 2. The summed E-state index contributed by atoms with van der Waals surface area (Å²) in [6.07, 6.45) is 1.73. The first-order chi connectivity index (χ1) is 15.2. The van der Waals surface area contributed by atoms with Crippen LogP contribution < -0.4 is 16.0 Å². The van der Waals surface area contributed by atoms with Gasteiger partial charge in [-0.15, -0.1) is 0 Å². The Morgan fingerprint density at radius 3 is 2.32 bits per heavy atom. The first kappa shape index (κ1) is 19.0. The highest BCUT2D eigenvalue weighted by Crippen LogP contribution is 2.40. The summed E-state index contributed by atoms with van der Waals surface area (Å²) in [5.41, 5.74) is 14.1. The molecule has 0 atom stereocenters. The second-order valence-electron chi connectivity index (χ2n) is 7.90. The van der Waals surface area contributed by atoms with E-state index < -0.39 is 0 Å². The zero-order valence-electron chi connectivity index (χ0n) is 17.1. The molecule has 5 heteroatoms. The zero-order chi connectivity index (χ0) is 21.4. The van der Waals surface area contributed by atoms with Crippen molar-refractivity contribution in [2.24, 2.45) is 0 Å². The van der Waals surface area contributed by atoms with E-state index in [0.717, 1.165) is 54.0 Å². The lowest BCUT2D eigenvalue weighted by Gasteiger charge is -2.32. The molecule has 0 bridgehead atoms. The molecule has 1 saturated heterocycles. The highest BCUT2D eigenvalue weighted by molar-refractivity contribution is 6.13. The molecule has 5 rings (SSSR count). The van der Waals surface area contributed by atoms with E-state index in [2.05, 4.69) is 22.4 Å². The van der Waals surface area contributed by atoms with E-state index in [4.69, 9.17) is 5.73 Å². The number of hydrogen-bond acceptors (Lipinski definition) is 4. The van der Waals surface area contributed by atoms with E-state index in [1.165, 1.54) is 5.57 Å². The van der Waals surface area contributed by atoms with Crippen LogP contribution in [0, 0.1) is 11.3 Å². The van der Waals surface area contributed by atoms with Gasteiger partial charge in [0, 0.05) is 35.6 Å². The van der Waals surface area contributed by atoms with Gasteiger partial charge >= 0.3 is 0 Å². The number of amides is 1. The summed E-state index contributed by atoms with van der Waals surface area (Å²) >= 11 is 0. The van der Waals surface area contributed by atoms with Gasteiger partial charge in [-0.3, -0.25) is 4.79 Å². The minimum atomic E-state index is -0.0726. The Labute approximate surface area is 181 Å². The van der Waals surface area contributed by atoms with Crippen LogP contribution in [0.5, 0.6) is 0 Å². The second kappa shape index (κ2) is 7.66. The molecule has 152 valence electrons. The Kier molecular flexibility index (Phi) is 4.68. The van der Waals surface area contributed by atoms with Crippen LogP contribution in [0.25, 0.3) is 5.57 Å². The van der Waals surface area contributed by atoms with Gasteiger partial charge in [0.25, 0.3) is 5.91 Å². The number of anilines is 3. The van der Waals surface area contributed by atoms with E-state index in [1.54, 1.807) is 6.07 Å². The maximum Gasteiger partial charge on any atom is 0.256 e. The van der Waals surface area contributed by atoms with Gasteiger partial charge in [0.15, 0.2) is 0 Å². The minimum Gasteiger partial charge on any atom is -0.399 e. The number of rotatable bonds is 1. The van der Waals surface area contributed by atoms with Crippen molar-refractivity contribution in [1.29, 1.82) is 5.26 Å².